The second kappa shape index (κ2) is 6.88. The van der Waals surface area contributed by atoms with Gasteiger partial charge in [-0.1, -0.05) is 96.6 Å². The summed E-state index contributed by atoms with van der Waals surface area (Å²) in [6.07, 6.45) is 15.1. The van der Waals surface area contributed by atoms with E-state index in [0.717, 1.165) is 19.3 Å². The molecule has 0 heterocycles. The molecular weight excluding hydrogens is 288 g/mol. The van der Waals surface area contributed by atoms with Gasteiger partial charge in [0, 0.05) is 5.92 Å². The van der Waals surface area contributed by atoms with E-state index in [0.29, 0.717) is 5.92 Å². The second-order valence-corrected chi connectivity index (χ2v) is 6.55. The van der Waals surface area contributed by atoms with E-state index in [-0.39, 0.29) is 0 Å². The van der Waals surface area contributed by atoms with Crippen molar-refractivity contribution in [3.8, 4) is 0 Å². The van der Waals surface area contributed by atoms with Crippen LogP contribution in [0.2, 0.25) is 0 Å². The van der Waals surface area contributed by atoms with E-state index in [4.69, 9.17) is 0 Å². The normalized spacial score (nSPS) is 20.2. The summed E-state index contributed by atoms with van der Waals surface area (Å²) in [4.78, 5) is 0. The molecule has 2 aliphatic carbocycles. The molecule has 2 aliphatic rings. The average Bonchev–Trinajstić information content (AvgIpc) is 2.67. The molecular formula is C24H22. The lowest BCUT2D eigenvalue weighted by atomic mass is 9.79. The Kier molecular flexibility index (Phi) is 4.29. The predicted molar refractivity (Wildman–Crippen MR) is 103 cm³/mol. The Hall–Kier alpha value is -2.60. The summed E-state index contributed by atoms with van der Waals surface area (Å²) in [5.41, 5.74) is 7.15. The van der Waals surface area contributed by atoms with Gasteiger partial charge in [-0.25, -0.2) is 0 Å². The number of hydrogen-bond acceptors (Lipinski definition) is 0. The first-order valence-electron chi connectivity index (χ1n) is 8.76. The van der Waals surface area contributed by atoms with Gasteiger partial charge in [0.2, 0.25) is 0 Å². The van der Waals surface area contributed by atoms with Crippen LogP contribution >= 0.6 is 0 Å². The highest BCUT2D eigenvalue weighted by Gasteiger charge is 2.21. The molecule has 0 nitrogen and oxygen atoms in total. The van der Waals surface area contributed by atoms with E-state index in [1.807, 2.05) is 0 Å². The SMILES string of the molecule is C1=CCC2=C(C=CC(/C(=C\c3ccccc3)c3ccccc3)C2)C1. The Morgan fingerprint density at radius 2 is 1.54 bits per heavy atom. The molecule has 0 saturated carbocycles. The molecule has 0 N–H and O–H groups in total. The number of allylic oxidation sites excluding steroid dienone is 7. The van der Waals surface area contributed by atoms with Gasteiger partial charge in [-0.2, -0.15) is 0 Å². The van der Waals surface area contributed by atoms with Gasteiger partial charge in [0.05, 0.1) is 0 Å². The highest BCUT2D eigenvalue weighted by molar-refractivity contribution is 5.84. The molecule has 0 aromatic heterocycles. The van der Waals surface area contributed by atoms with E-state index < -0.39 is 0 Å². The third-order valence-electron chi connectivity index (χ3n) is 4.95. The lowest BCUT2D eigenvalue weighted by Crippen LogP contribution is -2.09. The molecule has 2 aromatic rings. The Balaban J connectivity index is 1.71. The van der Waals surface area contributed by atoms with Gasteiger partial charge in [-0.3, -0.25) is 0 Å². The Labute approximate surface area is 144 Å². The summed E-state index contributed by atoms with van der Waals surface area (Å²) in [6.45, 7) is 0. The minimum atomic E-state index is 0.456. The van der Waals surface area contributed by atoms with Crippen molar-refractivity contribution in [2.75, 3.05) is 0 Å². The molecule has 1 unspecified atom stereocenters. The van der Waals surface area contributed by atoms with Crippen LogP contribution in [0.3, 0.4) is 0 Å². The zero-order chi connectivity index (χ0) is 16.2. The number of rotatable bonds is 3. The maximum Gasteiger partial charge on any atom is 0.00648 e. The first kappa shape index (κ1) is 15.0. The fraction of sp³-hybridized carbons (Fsp3) is 0.167. The highest BCUT2D eigenvalue weighted by atomic mass is 14.3. The van der Waals surface area contributed by atoms with Crippen molar-refractivity contribution in [3.63, 3.8) is 0 Å². The van der Waals surface area contributed by atoms with Crippen molar-refractivity contribution < 1.29 is 0 Å². The fourth-order valence-electron chi connectivity index (χ4n) is 3.65. The maximum atomic E-state index is 2.40. The summed E-state index contributed by atoms with van der Waals surface area (Å²) >= 11 is 0. The van der Waals surface area contributed by atoms with Gasteiger partial charge < -0.3 is 0 Å². The first-order chi connectivity index (χ1) is 11.9. The van der Waals surface area contributed by atoms with E-state index >= 15 is 0 Å². The number of benzene rings is 2. The molecule has 0 amide bonds. The van der Waals surface area contributed by atoms with Gasteiger partial charge in [0.15, 0.2) is 0 Å². The minimum absolute atomic E-state index is 0.456. The molecule has 2 aromatic carbocycles. The van der Waals surface area contributed by atoms with E-state index in [1.165, 1.54) is 22.3 Å². The van der Waals surface area contributed by atoms with Crippen LogP contribution in [0.1, 0.15) is 30.4 Å². The van der Waals surface area contributed by atoms with Crippen molar-refractivity contribution in [2.24, 2.45) is 5.92 Å². The summed E-state index contributed by atoms with van der Waals surface area (Å²) in [7, 11) is 0. The van der Waals surface area contributed by atoms with Crippen LogP contribution in [0.5, 0.6) is 0 Å². The third kappa shape index (κ3) is 3.19. The van der Waals surface area contributed by atoms with Crippen molar-refractivity contribution in [1.82, 2.24) is 0 Å². The summed E-state index contributed by atoms with van der Waals surface area (Å²) in [6, 6.07) is 21.5. The topological polar surface area (TPSA) is 0 Å². The van der Waals surface area contributed by atoms with Crippen molar-refractivity contribution in [3.05, 3.63) is 107 Å². The number of hydrogen-bond donors (Lipinski definition) is 0. The molecule has 4 rings (SSSR count). The maximum absolute atomic E-state index is 2.40. The lowest BCUT2D eigenvalue weighted by molar-refractivity contribution is 0.763. The van der Waals surface area contributed by atoms with E-state index in [9.17, 15) is 0 Å². The van der Waals surface area contributed by atoms with Gasteiger partial charge in [0.1, 0.15) is 0 Å². The van der Waals surface area contributed by atoms with Gasteiger partial charge in [-0.05, 0) is 41.5 Å². The Bertz CT molecular complexity index is 817. The highest BCUT2D eigenvalue weighted by Crippen LogP contribution is 2.38. The second-order valence-electron chi connectivity index (χ2n) is 6.55. The molecule has 0 radical (unpaired) electrons. The van der Waals surface area contributed by atoms with Crippen LogP contribution in [0.4, 0.5) is 0 Å². The zero-order valence-corrected chi connectivity index (χ0v) is 13.9. The Morgan fingerprint density at radius 1 is 0.833 bits per heavy atom. The van der Waals surface area contributed by atoms with Crippen LogP contribution in [-0.2, 0) is 0 Å². The molecule has 118 valence electrons. The molecule has 0 heteroatoms. The minimum Gasteiger partial charge on any atom is -0.0841 e. The van der Waals surface area contributed by atoms with Gasteiger partial charge in [-0.15, -0.1) is 0 Å². The molecule has 24 heavy (non-hydrogen) atoms. The zero-order valence-electron chi connectivity index (χ0n) is 13.9. The molecule has 0 aliphatic heterocycles. The monoisotopic (exact) mass is 310 g/mol. The third-order valence-corrected chi connectivity index (χ3v) is 4.95. The predicted octanol–water partition coefficient (Wildman–Crippen LogP) is 6.45. The molecule has 0 spiro atoms. The van der Waals surface area contributed by atoms with Gasteiger partial charge in [0.25, 0.3) is 0 Å². The molecule has 1 atom stereocenters. The van der Waals surface area contributed by atoms with Crippen LogP contribution in [-0.4, -0.2) is 0 Å². The van der Waals surface area contributed by atoms with Crippen LogP contribution in [0, 0.1) is 5.92 Å². The lowest BCUT2D eigenvalue weighted by Gasteiger charge is -2.26. The van der Waals surface area contributed by atoms with E-state index in [1.54, 1.807) is 5.57 Å². The van der Waals surface area contributed by atoms with Crippen molar-refractivity contribution in [1.29, 1.82) is 0 Å². The molecule has 0 bridgehead atoms. The van der Waals surface area contributed by atoms with Gasteiger partial charge >= 0.3 is 0 Å². The van der Waals surface area contributed by atoms with Crippen LogP contribution in [0.15, 0.2) is 96.1 Å². The summed E-state index contributed by atoms with van der Waals surface area (Å²) in [5, 5.41) is 0. The summed E-state index contributed by atoms with van der Waals surface area (Å²) in [5.74, 6) is 0.456. The van der Waals surface area contributed by atoms with Crippen LogP contribution < -0.4 is 0 Å². The Morgan fingerprint density at radius 3 is 2.33 bits per heavy atom. The standard InChI is InChI=1S/C24H22/c1-3-9-19(10-4-1)17-24(21-12-5-2-6-13-21)23-16-15-20-11-7-8-14-22(20)18-23/h1-10,12-13,15-17,23H,11,14,18H2/b24-17-. The molecule has 0 fully saturated rings. The van der Waals surface area contributed by atoms with Crippen molar-refractivity contribution in [2.45, 2.75) is 19.3 Å². The quantitative estimate of drug-likeness (QED) is 0.451. The van der Waals surface area contributed by atoms with Crippen LogP contribution in [0.25, 0.3) is 11.6 Å². The molecule has 0 saturated heterocycles. The first-order valence-corrected chi connectivity index (χ1v) is 8.76. The van der Waals surface area contributed by atoms with Crippen molar-refractivity contribution >= 4 is 11.6 Å². The summed E-state index contributed by atoms with van der Waals surface area (Å²) < 4.78 is 0. The smallest absolute Gasteiger partial charge is 0.00648 e. The van der Waals surface area contributed by atoms with E-state index in [2.05, 4.69) is 91.0 Å². The average molecular weight is 310 g/mol. The fourth-order valence-corrected chi connectivity index (χ4v) is 3.65. The largest absolute Gasteiger partial charge is 0.0841 e.